The van der Waals surface area contributed by atoms with Crippen LogP contribution in [0.25, 0.3) is 0 Å². The van der Waals surface area contributed by atoms with Gasteiger partial charge in [-0.25, -0.2) is 0 Å². The zero-order valence-corrected chi connectivity index (χ0v) is 12.1. The lowest BCUT2D eigenvalue weighted by Crippen LogP contribution is -2.44. The SMILES string of the molecule is CC(C)Oc1ccccc1CNC(C(N)=O)C(C)C. The van der Waals surface area contributed by atoms with Crippen LogP contribution in [0.1, 0.15) is 33.3 Å². The van der Waals surface area contributed by atoms with E-state index in [9.17, 15) is 4.79 Å². The summed E-state index contributed by atoms with van der Waals surface area (Å²) in [5.41, 5.74) is 6.42. The number of nitrogens with two attached hydrogens (primary N) is 1. The Balaban J connectivity index is 2.74. The first-order valence-corrected chi connectivity index (χ1v) is 6.69. The van der Waals surface area contributed by atoms with E-state index in [4.69, 9.17) is 10.5 Å². The quantitative estimate of drug-likeness (QED) is 0.792. The van der Waals surface area contributed by atoms with E-state index in [-0.39, 0.29) is 24.0 Å². The highest BCUT2D eigenvalue weighted by atomic mass is 16.5. The molecule has 1 unspecified atom stereocenters. The van der Waals surface area contributed by atoms with E-state index in [0.29, 0.717) is 6.54 Å². The predicted molar refractivity (Wildman–Crippen MR) is 76.9 cm³/mol. The summed E-state index contributed by atoms with van der Waals surface area (Å²) < 4.78 is 5.74. The van der Waals surface area contributed by atoms with Crippen LogP contribution < -0.4 is 15.8 Å². The maximum Gasteiger partial charge on any atom is 0.234 e. The Morgan fingerprint density at radius 2 is 1.89 bits per heavy atom. The van der Waals surface area contributed by atoms with E-state index in [0.717, 1.165) is 11.3 Å². The molecular formula is C15H24N2O2. The molecule has 0 saturated carbocycles. The van der Waals surface area contributed by atoms with Crippen molar-refractivity contribution in [3.63, 3.8) is 0 Å². The summed E-state index contributed by atoms with van der Waals surface area (Å²) in [6.07, 6.45) is 0.123. The van der Waals surface area contributed by atoms with Crippen molar-refractivity contribution < 1.29 is 9.53 Å². The van der Waals surface area contributed by atoms with Gasteiger partial charge in [0.15, 0.2) is 0 Å². The Morgan fingerprint density at radius 1 is 1.26 bits per heavy atom. The summed E-state index contributed by atoms with van der Waals surface area (Å²) in [5.74, 6) is 0.685. The van der Waals surface area contributed by atoms with Crippen LogP contribution in [0.3, 0.4) is 0 Å². The number of hydrogen-bond acceptors (Lipinski definition) is 3. The highest BCUT2D eigenvalue weighted by Crippen LogP contribution is 2.19. The molecule has 1 amide bonds. The molecule has 1 atom stereocenters. The van der Waals surface area contributed by atoms with Gasteiger partial charge in [-0.05, 0) is 25.8 Å². The molecular weight excluding hydrogens is 240 g/mol. The van der Waals surface area contributed by atoms with Gasteiger partial charge in [-0.1, -0.05) is 32.0 Å². The van der Waals surface area contributed by atoms with Gasteiger partial charge >= 0.3 is 0 Å². The largest absolute Gasteiger partial charge is 0.491 e. The maximum absolute atomic E-state index is 11.4. The third-order valence-electron chi connectivity index (χ3n) is 2.82. The Bertz CT molecular complexity index is 416. The third-order valence-corrected chi connectivity index (χ3v) is 2.82. The molecule has 106 valence electrons. The number of amides is 1. The van der Waals surface area contributed by atoms with E-state index < -0.39 is 0 Å². The van der Waals surface area contributed by atoms with Gasteiger partial charge in [-0.3, -0.25) is 4.79 Å². The van der Waals surface area contributed by atoms with Crippen LogP contribution in [0.5, 0.6) is 5.75 Å². The topological polar surface area (TPSA) is 64.3 Å². The molecule has 0 bridgehead atoms. The molecule has 1 aromatic carbocycles. The van der Waals surface area contributed by atoms with Crippen molar-refractivity contribution in [2.24, 2.45) is 11.7 Å². The zero-order valence-electron chi connectivity index (χ0n) is 12.1. The van der Waals surface area contributed by atoms with Crippen molar-refractivity contribution in [3.8, 4) is 5.75 Å². The van der Waals surface area contributed by atoms with E-state index in [2.05, 4.69) is 5.32 Å². The average molecular weight is 264 g/mol. The van der Waals surface area contributed by atoms with Gasteiger partial charge in [0, 0.05) is 12.1 Å². The fraction of sp³-hybridized carbons (Fsp3) is 0.533. The van der Waals surface area contributed by atoms with Crippen LogP contribution >= 0.6 is 0 Å². The maximum atomic E-state index is 11.4. The van der Waals surface area contributed by atoms with Crippen LogP contribution in [-0.2, 0) is 11.3 Å². The van der Waals surface area contributed by atoms with E-state index in [1.165, 1.54) is 0 Å². The van der Waals surface area contributed by atoms with Crippen molar-refractivity contribution in [1.82, 2.24) is 5.32 Å². The summed E-state index contributed by atoms with van der Waals surface area (Å²) in [6.45, 7) is 8.49. The minimum atomic E-state index is -0.327. The molecule has 0 radical (unpaired) electrons. The molecule has 0 spiro atoms. The normalized spacial score (nSPS) is 12.7. The number of hydrogen-bond donors (Lipinski definition) is 2. The Kier molecular flexibility index (Phi) is 5.83. The molecule has 0 aromatic heterocycles. The van der Waals surface area contributed by atoms with E-state index >= 15 is 0 Å². The number of rotatable bonds is 7. The van der Waals surface area contributed by atoms with Crippen LogP contribution in [0.4, 0.5) is 0 Å². The molecule has 19 heavy (non-hydrogen) atoms. The van der Waals surface area contributed by atoms with Gasteiger partial charge in [0.25, 0.3) is 0 Å². The van der Waals surface area contributed by atoms with Crippen LogP contribution in [0.15, 0.2) is 24.3 Å². The minimum Gasteiger partial charge on any atom is -0.491 e. The number of ether oxygens (including phenoxy) is 1. The zero-order chi connectivity index (χ0) is 14.4. The second-order valence-electron chi connectivity index (χ2n) is 5.28. The van der Waals surface area contributed by atoms with Crippen LogP contribution in [-0.4, -0.2) is 18.1 Å². The fourth-order valence-corrected chi connectivity index (χ4v) is 1.90. The lowest BCUT2D eigenvalue weighted by Gasteiger charge is -2.20. The number of carbonyl (C=O) groups is 1. The average Bonchev–Trinajstić information content (AvgIpc) is 2.29. The standard InChI is InChI=1S/C15H24N2O2/c1-10(2)14(15(16)18)17-9-12-7-5-6-8-13(12)19-11(3)4/h5-8,10-11,14,17H,9H2,1-4H3,(H2,16,18). The molecule has 0 heterocycles. The number of nitrogens with one attached hydrogen (secondary N) is 1. The number of primary amides is 1. The number of para-hydroxylation sites is 1. The van der Waals surface area contributed by atoms with Gasteiger partial charge in [0.2, 0.25) is 5.91 Å². The van der Waals surface area contributed by atoms with Gasteiger partial charge in [0.05, 0.1) is 12.1 Å². The molecule has 3 N–H and O–H groups in total. The molecule has 0 aliphatic rings. The Hall–Kier alpha value is -1.55. The molecule has 0 saturated heterocycles. The lowest BCUT2D eigenvalue weighted by molar-refractivity contribution is -0.121. The summed E-state index contributed by atoms with van der Waals surface area (Å²) in [4.78, 5) is 11.4. The molecule has 4 heteroatoms. The number of benzene rings is 1. The second-order valence-corrected chi connectivity index (χ2v) is 5.28. The minimum absolute atomic E-state index is 0.123. The highest BCUT2D eigenvalue weighted by molar-refractivity contribution is 5.80. The first kappa shape index (κ1) is 15.5. The molecule has 0 fully saturated rings. The molecule has 0 aliphatic heterocycles. The Labute approximate surface area is 115 Å². The smallest absolute Gasteiger partial charge is 0.234 e. The summed E-state index contributed by atoms with van der Waals surface area (Å²) in [6, 6.07) is 7.50. The van der Waals surface area contributed by atoms with Crippen LogP contribution in [0.2, 0.25) is 0 Å². The Morgan fingerprint density at radius 3 is 2.42 bits per heavy atom. The second kappa shape index (κ2) is 7.14. The first-order chi connectivity index (χ1) is 8.91. The number of carbonyl (C=O) groups excluding carboxylic acids is 1. The van der Waals surface area contributed by atoms with E-state index in [1.807, 2.05) is 52.0 Å². The van der Waals surface area contributed by atoms with Gasteiger partial charge in [0.1, 0.15) is 5.75 Å². The first-order valence-electron chi connectivity index (χ1n) is 6.69. The summed E-state index contributed by atoms with van der Waals surface area (Å²) in [7, 11) is 0. The van der Waals surface area contributed by atoms with E-state index in [1.54, 1.807) is 0 Å². The molecule has 1 aromatic rings. The molecule has 1 rings (SSSR count). The van der Waals surface area contributed by atoms with Crippen molar-refractivity contribution >= 4 is 5.91 Å². The summed E-state index contributed by atoms with van der Waals surface area (Å²) >= 11 is 0. The van der Waals surface area contributed by atoms with Crippen molar-refractivity contribution in [3.05, 3.63) is 29.8 Å². The highest BCUT2D eigenvalue weighted by Gasteiger charge is 2.19. The monoisotopic (exact) mass is 264 g/mol. The molecule has 4 nitrogen and oxygen atoms in total. The third kappa shape index (κ3) is 4.91. The summed E-state index contributed by atoms with van der Waals surface area (Å²) in [5, 5.41) is 3.19. The van der Waals surface area contributed by atoms with Crippen molar-refractivity contribution in [1.29, 1.82) is 0 Å². The van der Waals surface area contributed by atoms with Gasteiger partial charge < -0.3 is 15.8 Å². The predicted octanol–water partition coefficient (Wildman–Crippen LogP) is 2.07. The lowest BCUT2D eigenvalue weighted by atomic mass is 10.0. The molecule has 0 aliphatic carbocycles. The van der Waals surface area contributed by atoms with Gasteiger partial charge in [-0.2, -0.15) is 0 Å². The van der Waals surface area contributed by atoms with Crippen molar-refractivity contribution in [2.75, 3.05) is 0 Å². The fourth-order valence-electron chi connectivity index (χ4n) is 1.90. The van der Waals surface area contributed by atoms with Crippen molar-refractivity contribution in [2.45, 2.75) is 46.4 Å². The van der Waals surface area contributed by atoms with Gasteiger partial charge in [-0.15, -0.1) is 0 Å². The van der Waals surface area contributed by atoms with Crippen LogP contribution in [0, 0.1) is 5.92 Å².